The minimum atomic E-state index is -0.0429. The molecule has 3 nitrogen and oxygen atoms in total. The third-order valence-corrected chi connectivity index (χ3v) is 4.27. The monoisotopic (exact) mass is 310 g/mol. The average molecular weight is 311 g/mol. The number of amides is 1. The van der Waals surface area contributed by atoms with Gasteiger partial charge >= 0.3 is 0 Å². The fourth-order valence-electron chi connectivity index (χ4n) is 2.94. The SMILES string of the molecule is CC(N)CC(=O)N1CCC(C)(CCc2ccccc2)C1.Cl. The molecule has 2 atom stereocenters. The van der Waals surface area contributed by atoms with E-state index in [1.54, 1.807) is 0 Å². The molecule has 118 valence electrons. The number of carbonyl (C=O) groups is 1. The van der Waals surface area contributed by atoms with Gasteiger partial charge in [-0.3, -0.25) is 4.79 Å². The summed E-state index contributed by atoms with van der Waals surface area (Å²) in [5, 5.41) is 0. The number of rotatable bonds is 5. The van der Waals surface area contributed by atoms with Crippen molar-refractivity contribution >= 4 is 18.3 Å². The van der Waals surface area contributed by atoms with Crippen LogP contribution in [0.5, 0.6) is 0 Å². The third-order valence-electron chi connectivity index (χ3n) is 4.27. The Kier molecular flexibility index (Phi) is 6.69. The van der Waals surface area contributed by atoms with E-state index in [-0.39, 0.29) is 29.8 Å². The first-order chi connectivity index (χ1) is 9.48. The van der Waals surface area contributed by atoms with Crippen LogP contribution >= 0.6 is 12.4 Å². The molecule has 1 aliphatic heterocycles. The summed E-state index contributed by atoms with van der Waals surface area (Å²) in [5.41, 5.74) is 7.35. The van der Waals surface area contributed by atoms with E-state index >= 15 is 0 Å². The quantitative estimate of drug-likeness (QED) is 0.908. The molecule has 1 aromatic carbocycles. The highest BCUT2D eigenvalue weighted by molar-refractivity contribution is 5.85. The second kappa shape index (κ2) is 7.81. The lowest BCUT2D eigenvalue weighted by molar-refractivity contribution is -0.130. The molecule has 0 saturated carbocycles. The predicted molar refractivity (Wildman–Crippen MR) is 89.6 cm³/mol. The summed E-state index contributed by atoms with van der Waals surface area (Å²) in [6, 6.07) is 10.5. The average Bonchev–Trinajstić information content (AvgIpc) is 2.80. The zero-order chi connectivity index (χ0) is 14.6. The van der Waals surface area contributed by atoms with Crippen molar-refractivity contribution in [1.82, 2.24) is 4.90 Å². The van der Waals surface area contributed by atoms with Gasteiger partial charge in [-0.1, -0.05) is 37.3 Å². The topological polar surface area (TPSA) is 46.3 Å². The summed E-state index contributed by atoms with van der Waals surface area (Å²) in [6.45, 7) is 5.96. The Hall–Kier alpha value is -1.06. The maximum atomic E-state index is 12.1. The van der Waals surface area contributed by atoms with Crippen LogP contribution in [-0.4, -0.2) is 29.9 Å². The van der Waals surface area contributed by atoms with E-state index in [9.17, 15) is 4.79 Å². The fourth-order valence-corrected chi connectivity index (χ4v) is 2.94. The Morgan fingerprint density at radius 1 is 1.38 bits per heavy atom. The fraction of sp³-hybridized carbons (Fsp3) is 0.588. The lowest BCUT2D eigenvalue weighted by Crippen LogP contribution is -2.34. The highest BCUT2D eigenvalue weighted by atomic mass is 35.5. The van der Waals surface area contributed by atoms with Crippen molar-refractivity contribution in [2.75, 3.05) is 13.1 Å². The largest absolute Gasteiger partial charge is 0.342 e. The molecule has 1 aliphatic rings. The molecular weight excluding hydrogens is 284 g/mol. The van der Waals surface area contributed by atoms with Crippen molar-refractivity contribution in [3.8, 4) is 0 Å². The van der Waals surface area contributed by atoms with E-state index in [0.717, 1.165) is 32.4 Å². The van der Waals surface area contributed by atoms with E-state index in [1.165, 1.54) is 5.56 Å². The zero-order valence-electron chi connectivity index (χ0n) is 13.0. The molecule has 0 aliphatic carbocycles. The normalized spacial score (nSPS) is 22.7. The number of carbonyl (C=O) groups excluding carboxylic acids is 1. The van der Waals surface area contributed by atoms with E-state index in [4.69, 9.17) is 5.73 Å². The van der Waals surface area contributed by atoms with E-state index in [1.807, 2.05) is 11.8 Å². The summed E-state index contributed by atoms with van der Waals surface area (Å²) < 4.78 is 0. The lowest BCUT2D eigenvalue weighted by atomic mass is 9.83. The smallest absolute Gasteiger partial charge is 0.224 e. The van der Waals surface area contributed by atoms with Crippen LogP contribution in [0.1, 0.15) is 38.7 Å². The first kappa shape index (κ1) is 18.0. The Labute approximate surface area is 134 Å². The van der Waals surface area contributed by atoms with E-state index < -0.39 is 0 Å². The van der Waals surface area contributed by atoms with Crippen LogP contribution in [0.4, 0.5) is 0 Å². The van der Waals surface area contributed by atoms with Crippen molar-refractivity contribution in [1.29, 1.82) is 0 Å². The summed E-state index contributed by atoms with van der Waals surface area (Å²) >= 11 is 0. The Morgan fingerprint density at radius 3 is 2.67 bits per heavy atom. The second-order valence-electron chi connectivity index (χ2n) is 6.54. The summed E-state index contributed by atoms with van der Waals surface area (Å²) in [7, 11) is 0. The molecule has 0 radical (unpaired) electrons. The lowest BCUT2D eigenvalue weighted by Gasteiger charge is -2.25. The van der Waals surface area contributed by atoms with E-state index in [2.05, 4.69) is 37.3 Å². The Bertz CT molecular complexity index is 449. The molecule has 2 unspecified atom stereocenters. The highest BCUT2D eigenvalue weighted by Gasteiger charge is 2.35. The maximum Gasteiger partial charge on any atom is 0.224 e. The van der Waals surface area contributed by atoms with Crippen LogP contribution in [0.3, 0.4) is 0 Å². The number of aryl methyl sites for hydroxylation is 1. The number of halogens is 1. The second-order valence-corrected chi connectivity index (χ2v) is 6.54. The minimum Gasteiger partial charge on any atom is -0.342 e. The van der Waals surface area contributed by atoms with Gasteiger partial charge < -0.3 is 10.6 Å². The molecule has 2 rings (SSSR count). The number of benzene rings is 1. The van der Waals surface area contributed by atoms with Crippen molar-refractivity contribution in [3.63, 3.8) is 0 Å². The molecule has 1 fully saturated rings. The highest BCUT2D eigenvalue weighted by Crippen LogP contribution is 2.34. The van der Waals surface area contributed by atoms with Gasteiger partial charge in [-0.2, -0.15) is 0 Å². The number of hydrogen-bond donors (Lipinski definition) is 1. The summed E-state index contributed by atoms with van der Waals surface area (Å²) in [6.07, 6.45) is 3.80. The van der Waals surface area contributed by atoms with Gasteiger partial charge in [0, 0.05) is 25.6 Å². The number of nitrogens with zero attached hydrogens (tertiary/aromatic N) is 1. The number of hydrogen-bond acceptors (Lipinski definition) is 2. The van der Waals surface area contributed by atoms with E-state index in [0.29, 0.717) is 6.42 Å². The summed E-state index contributed by atoms with van der Waals surface area (Å²) in [4.78, 5) is 14.1. The molecule has 1 heterocycles. The standard InChI is InChI=1S/C17H26N2O.ClH/c1-14(18)12-16(20)19-11-10-17(2,13-19)9-8-15-6-4-3-5-7-15;/h3-7,14H,8-13,18H2,1-2H3;1H. The van der Waals surface area contributed by atoms with Crippen LogP contribution in [0, 0.1) is 5.41 Å². The molecule has 1 amide bonds. The van der Waals surface area contributed by atoms with Gasteiger partial charge in [0.15, 0.2) is 0 Å². The molecule has 4 heteroatoms. The van der Waals surface area contributed by atoms with Crippen molar-refractivity contribution in [3.05, 3.63) is 35.9 Å². The molecule has 0 aromatic heterocycles. The van der Waals surface area contributed by atoms with Gasteiger partial charge in [0.2, 0.25) is 5.91 Å². The van der Waals surface area contributed by atoms with Gasteiger partial charge in [0.1, 0.15) is 0 Å². The third kappa shape index (κ3) is 5.33. The van der Waals surface area contributed by atoms with Crippen LogP contribution in [0.15, 0.2) is 30.3 Å². The molecule has 1 aromatic rings. The van der Waals surface area contributed by atoms with Crippen molar-refractivity contribution in [2.24, 2.45) is 11.1 Å². The maximum absolute atomic E-state index is 12.1. The van der Waals surface area contributed by atoms with Gasteiger partial charge in [-0.25, -0.2) is 0 Å². The van der Waals surface area contributed by atoms with Gasteiger partial charge in [0.05, 0.1) is 0 Å². The number of likely N-dealkylation sites (tertiary alicyclic amines) is 1. The number of nitrogens with two attached hydrogens (primary N) is 1. The summed E-state index contributed by atoms with van der Waals surface area (Å²) in [5.74, 6) is 0.212. The molecule has 0 spiro atoms. The first-order valence-corrected chi connectivity index (χ1v) is 7.56. The Balaban J connectivity index is 0.00000220. The van der Waals surface area contributed by atoms with Gasteiger partial charge in [-0.15, -0.1) is 12.4 Å². The van der Waals surface area contributed by atoms with Crippen LogP contribution in [0.25, 0.3) is 0 Å². The molecule has 1 saturated heterocycles. The Morgan fingerprint density at radius 2 is 2.05 bits per heavy atom. The zero-order valence-corrected chi connectivity index (χ0v) is 13.9. The first-order valence-electron chi connectivity index (χ1n) is 7.56. The van der Waals surface area contributed by atoms with Crippen LogP contribution < -0.4 is 5.73 Å². The van der Waals surface area contributed by atoms with Crippen LogP contribution in [0.2, 0.25) is 0 Å². The molecule has 21 heavy (non-hydrogen) atoms. The van der Waals surface area contributed by atoms with Crippen molar-refractivity contribution in [2.45, 2.75) is 45.6 Å². The molecule has 0 bridgehead atoms. The molecular formula is C17H27ClN2O. The molecule has 2 N–H and O–H groups in total. The van der Waals surface area contributed by atoms with Crippen LogP contribution in [-0.2, 0) is 11.2 Å². The van der Waals surface area contributed by atoms with Gasteiger partial charge in [0.25, 0.3) is 0 Å². The van der Waals surface area contributed by atoms with Gasteiger partial charge in [-0.05, 0) is 37.2 Å². The predicted octanol–water partition coefficient (Wildman–Crippen LogP) is 3.02. The minimum absolute atomic E-state index is 0. The van der Waals surface area contributed by atoms with Crippen molar-refractivity contribution < 1.29 is 4.79 Å².